The van der Waals surface area contributed by atoms with Gasteiger partial charge in [-0.15, -0.1) is 0 Å². The van der Waals surface area contributed by atoms with Gasteiger partial charge >= 0.3 is 6.18 Å². The lowest BCUT2D eigenvalue weighted by Gasteiger charge is -2.14. The predicted octanol–water partition coefficient (Wildman–Crippen LogP) is 5.18. The first-order valence-corrected chi connectivity index (χ1v) is 9.62. The Morgan fingerprint density at radius 3 is 2.04 bits per heavy atom. The second-order valence-electron chi connectivity index (χ2n) is 5.91. The Morgan fingerprint density at radius 2 is 1.46 bits per heavy atom. The van der Waals surface area contributed by atoms with Crippen LogP contribution < -0.4 is 9.46 Å². The fraction of sp³-hybridized carbons (Fsp3) is 0.100. The predicted molar refractivity (Wildman–Crippen MR) is 101 cm³/mol. The number of ether oxygens (including phenoxy) is 1. The quantitative estimate of drug-likeness (QED) is 0.634. The molecule has 0 fully saturated rings. The Labute approximate surface area is 160 Å². The van der Waals surface area contributed by atoms with E-state index in [0.717, 1.165) is 24.3 Å². The summed E-state index contributed by atoms with van der Waals surface area (Å²) in [5.41, 5.74) is 0.475. The first kappa shape index (κ1) is 19.8. The molecule has 4 nitrogen and oxygen atoms in total. The monoisotopic (exact) mass is 407 g/mol. The summed E-state index contributed by atoms with van der Waals surface area (Å²) >= 11 is 0. The number of nitrogens with one attached hydrogen (secondary N) is 1. The van der Waals surface area contributed by atoms with Crippen LogP contribution in [0.15, 0.2) is 77.7 Å². The minimum Gasteiger partial charge on any atom is -0.496 e. The van der Waals surface area contributed by atoms with E-state index in [1.165, 1.54) is 18.2 Å². The number of methoxy groups -OCH3 is 1. The van der Waals surface area contributed by atoms with E-state index in [0.29, 0.717) is 6.07 Å². The van der Waals surface area contributed by atoms with Crippen molar-refractivity contribution in [1.29, 1.82) is 0 Å². The molecule has 28 heavy (non-hydrogen) atoms. The van der Waals surface area contributed by atoms with Crippen molar-refractivity contribution in [3.8, 4) is 16.9 Å². The van der Waals surface area contributed by atoms with Crippen LogP contribution in [0.1, 0.15) is 5.56 Å². The first-order valence-electron chi connectivity index (χ1n) is 8.14. The van der Waals surface area contributed by atoms with E-state index >= 15 is 0 Å². The molecule has 1 N–H and O–H groups in total. The minimum atomic E-state index is -4.68. The van der Waals surface area contributed by atoms with Crippen LogP contribution in [0.2, 0.25) is 0 Å². The highest BCUT2D eigenvalue weighted by molar-refractivity contribution is 7.92. The summed E-state index contributed by atoms with van der Waals surface area (Å²) in [7, 11) is -2.94. The van der Waals surface area contributed by atoms with E-state index in [-0.39, 0.29) is 16.3 Å². The lowest BCUT2D eigenvalue weighted by molar-refractivity contribution is -0.138. The largest absolute Gasteiger partial charge is 0.496 e. The van der Waals surface area contributed by atoms with Gasteiger partial charge in [0.25, 0.3) is 10.0 Å². The lowest BCUT2D eigenvalue weighted by atomic mass is 10.1. The molecule has 0 spiro atoms. The smallest absolute Gasteiger partial charge is 0.420 e. The second-order valence-corrected chi connectivity index (χ2v) is 7.59. The molecular weight excluding hydrogens is 391 g/mol. The zero-order chi connectivity index (χ0) is 20.4. The lowest BCUT2D eigenvalue weighted by Crippen LogP contribution is -2.14. The maximum atomic E-state index is 13.1. The summed E-state index contributed by atoms with van der Waals surface area (Å²) in [5, 5.41) is 0. The standard InChI is InChI=1S/C20H16F3NO3S/c1-27-19-12-9-16(13-18(19)20(21,22)23)24-28(25,26)17-10-7-15(8-11-17)14-5-3-2-4-6-14/h2-13,24H,1H3. The third-order valence-corrected chi connectivity index (χ3v) is 5.43. The highest BCUT2D eigenvalue weighted by Gasteiger charge is 2.34. The molecule has 0 aromatic heterocycles. The molecule has 3 aromatic carbocycles. The fourth-order valence-corrected chi connectivity index (χ4v) is 3.71. The van der Waals surface area contributed by atoms with Crippen LogP contribution >= 0.6 is 0 Å². The van der Waals surface area contributed by atoms with E-state index < -0.39 is 21.8 Å². The molecule has 3 aromatic rings. The average molecular weight is 407 g/mol. The van der Waals surface area contributed by atoms with Gasteiger partial charge in [-0.1, -0.05) is 42.5 Å². The molecule has 0 saturated heterocycles. The maximum Gasteiger partial charge on any atom is 0.420 e. The summed E-state index contributed by atoms with van der Waals surface area (Å²) in [4.78, 5) is -0.0587. The third-order valence-electron chi connectivity index (χ3n) is 4.03. The Hall–Kier alpha value is -3.00. The van der Waals surface area contributed by atoms with Gasteiger partial charge < -0.3 is 4.74 Å². The number of halogens is 3. The van der Waals surface area contributed by atoms with E-state index in [9.17, 15) is 21.6 Å². The van der Waals surface area contributed by atoms with Crippen molar-refractivity contribution in [2.45, 2.75) is 11.1 Å². The molecule has 0 saturated carbocycles. The number of sulfonamides is 1. The van der Waals surface area contributed by atoms with Crippen molar-refractivity contribution in [1.82, 2.24) is 0 Å². The highest BCUT2D eigenvalue weighted by atomic mass is 32.2. The summed E-state index contributed by atoms with van der Waals surface area (Å²) in [6, 6.07) is 18.4. The van der Waals surface area contributed by atoms with Crippen LogP contribution in [-0.4, -0.2) is 15.5 Å². The number of hydrogen-bond donors (Lipinski definition) is 1. The molecule has 3 rings (SSSR count). The van der Waals surface area contributed by atoms with Gasteiger partial charge in [-0.3, -0.25) is 4.72 Å². The van der Waals surface area contributed by atoms with Crippen molar-refractivity contribution in [3.05, 3.63) is 78.4 Å². The van der Waals surface area contributed by atoms with Crippen molar-refractivity contribution >= 4 is 15.7 Å². The molecule has 0 aliphatic heterocycles. The third kappa shape index (κ3) is 4.28. The molecule has 0 radical (unpaired) electrons. The Balaban J connectivity index is 1.88. The van der Waals surface area contributed by atoms with E-state index in [1.807, 2.05) is 30.3 Å². The Kier molecular flexibility index (Phi) is 5.33. The van der Waals surface area contributed by atoms with Gasteiger partial charge in [-0.25, -0.2) is 8.42 Å². The molecule has 0 atom stereocenters. The second kappa shape index (κ2) is 7.55. The topological polar surface area (TPSA) is 55.4 Å². The molecule has 0 unspecified atom stereocenters. The van der Waals surface area contributed by atoms with Gasteiger partial charge in [0.15, 0.2) is 0 Å². The number of rotatable bonds is 5. The van der Waals surface area contributed by atoms with Gasteiger partial charge in [-0.05, 0) is 41.5 Å². The van der Waals surface area contributed by atoms with Gasteiger partial charge in [0.05, 0.1) is 17.6 Å². The molecule has 0 aliphatic rings. The number of anilines is 1. The molecule has 0 bridgehead atoms. The normalized spacial score (nSPS) is 11.9. The molecule has 0 amide bonds. The van der Waals surface area contributed by atoms with Crippen LogP contribution in [0.5, 0.6) is 5.75 Å². The van der Waals surface area contributed by atoms with Crippen molar-refractivity contribution < 1.29 is 26.3 Å². The van der Waals surface area contributed by atoms with Gasteiger partial charge in [0.1, 0.15) is 5.75 Å². The summed E-state index contributed by atoms with van der Waals surface area (Å²) in [5.74, 6) is -0.386. The van der Waals surface area contributed by atoms with E-state index in [2.05, 4.69) is 4.72 Å². The average Bonchev–Trinajstić information content (AvgIpc) is 2.68. The molecule has 8 heteroatoms. The summed E-state index contributed by atoms with van der Waals surface area (Å²) < 4.78 is 71.3. The van der Waals surface area contributed by atoms with Crippen LogP contribution in [0.4, 0.5) is 18.9 Å². The first-order chi connectivity index (χ1) is 13.2. The van der Waals surface area contributed by atoms with Gasteiger partial charge in [-0.2, -0.15) is 13.2 Å². The van der Waals surface area contributed by atoms with Crippen LogP contribution in [0.25, 0.3) is 11.1 Å². The van der Waals surface area contributed by atoms with E-state index in [1.54, 1.807) is 12.1 Å². The maximum absolute atomic E-state index is 13.1. The van der Waals surface area contributed by atoms with Crippen molar-refractivity contribution in [2.75, 3.05) is 11.8 Å². The zero-order valence-electron chi connectivity index (χ0n) is 14.7. The van der Waals surface area contributed by atoms with Gasteiger partial charge in [0, 0.05) is 5.69 Å². The number of alkyl halides is 3. The van der Waals surface area contributed by atoms with Gasteiger partial charge in [0.2, 0.25) is 0 Å². The van der Waals surface area contributed by atoms with Crippen LogP contribution in [0.3, 0.4) is 0 Å². The van der Waals surface area contributed by atoms with Crippen molar-refractivity contribution in [3.63, 3.8) is 0 Å². The Bertz CT molecular complexity index is 1060. The highest BCUT2D eigenvalue weighted by Crippen LogP contribution is 2.38. The zero-order valence-corrected chi connectivity index (χ0v) is 15.5. The minimum absolute atomic E-state index is 0.0587. The molecular formula is C20H16F3NO3S. The summed E-state index contributed by atoms with van der Waals surface area (Å²) in [6.45, 7) is 0. The molecule has 0 aliphatic carbocycles. The SMILES string of the molecule is COc1ccc(NS(=O)(=O)c2ccc(-c3ccccc3)cc2)cc1C(F)(F)F. The number of benzene rings is 3. The molecule has 146 valence electrons. The van der Waals surface area contributed by atoms with Crippen molar-refractivity contribution in [2.24, 2.45) is 0 Å². The Morgan fingerprint density at radius 1 is 0.857 bits per heavy atom. The van der Waals surface area contributed by atoms with E-state index in [4.69, 9.17) is 4.74 Å². The van der Waals surface area contributed by atoms with Crippen LogP contribution in [0, 0.1) is 0 Å². The number of hydrogen-bond acceptors (Lipinski definition) is 3. The molecule has 0 heterocycles. The fourth-order valence-electron chi connectivity index (χ4n) is 2.66. The van der Waals surface area contributed by atoms with Crippen LogP contribution in [-0.2, 0) is 16.2 Å². The summed E-state index contributed by atoms with van der Waals surface area (Å²) in [6.07, 6.45) is -4.68.